The number of imide groups is 1. The van der Waals surface area contributed by atoms with Crippen LogP contribution in [0.5, 0.6) is 0 Å². The van der Waals surface area contributed by atoms with Crippen LogP contribution in [0.2, 0.25) is 0 Å². The molecule has 2 saturated heterocycles. The molecule has 3 atom stereocenters. The minimum Gasteiger partial charge on any atom is -0.391 e. The van der Waals surface area contributed by atoms with Gasteiger partial charge in [0, 0.05) is 19.7 Å². The molecule has 2 fully saturated rings. The zero-order valence-corrected chi connectivity index (χ0v) is 14.9. The average Bonchev–Trinajstić information content (AvgIpc) is 2.93. The Morgan fingerprint density at radius 3 is 2.62 bits per heavy atom. The van der Waals surface area contributed by atoms with Gasteiger partial charge in [-0.05, 0) is 13.0 Å². The van der Waals surface area contributed by atoms with Gasteiger partial charge in [0.1, 0.15) is 12.0 Å². The van der Waals surface area contributed by atoms with Gasteiger partial charge in [0.25, 0.3) is 5.91 Å². The van der Waals surface area contributed by atoms with Crippen molar-refractivity contribution in [1.29, 1.82) is 0 Å². The van der Waals surface area contributed by atoms with Crippen LogP contribution in [-0.4, -0.2) is 76.7 Å². The molecule has 2 heterocycles. The molecule has 140 valence electrons. The molecule has 2 aliphatic heterocycles. The van der Waals surface area contributed by atoms with Crippen molar-refractivity contribution in [2.45, 2.75) is 31.8 Å². The molecule has 9 heteroatoms. The number of aliphatic hydroxyl groups is 1. The zero-order valence-electron chi connectivity index (χ0n) is 14.9. The van der Waals surface area contributed by atoms with Gasteiger partial charge in [-0.1, -0.05) is 18.2 Å². The number of fused-ring (bicyclic) bond motifs is 1. The van der Waals surface area contributed by atoms with E-state index in [1.165, 1.54) is 11.0 Å². The molecule has 1 aromatic carbocycles. The van der Waals surface area contributed by atoms with Crippen LogP contribution in [0.1, 0.15) is 12.5 Å². The van der Waals surface area contributed by atoms with Crippen molar-refractivity contribution in [3.8, 4) is 0 Å². The van der Waals surface area contributed by atoms with Crippen LogP contribution in [0, 0.1) is 5.82 Å². The molecule has 0 aliphatic carbocycles. The summed E-state index contributed by atoms with van der Waals surface area (Å²) in [7, 11) is 3.28. The number of benzene rings is 1. The van der Waals surface area contributed by atoms with E-state index in [4.69, 9.17) is 0 Å². The minimum atomic E-state index is -0.669. The van der Waals surface area contributed by atoms with Gasteiger partial charge in [0.2, 0.25) is 0 Å². The van der Waals surface area contributed by atoms with Gasteiger partial charge in [0.15, 0.2) is 12.0 Å². The number of aliphatic imine (C=N–C) groups is 1. The lowest BCUT2D eigenvalue weighted by atomic mass is 10.1. The standard InChI is InChI=1S/C17H22FN5O3/c1-10(24)8-19-16-20-14-13(21(16)2)15(25)23(17(26)22(14)3)9-11-6-4-5-7-12(11)18/h4-7,10,13-14,24H,8-9H2,1-3H3,(H,19,20). The van der Waals surface area contributed by atoms with E-state index < -0.39 is 36.1 Å². The number of aliphatic hydroxyl groups excluding tert-OH is 1. The molecule has 26 heavy (non-hydrogen) atoms. The summed E-state index contributed by atoms with van der Waals surface area (Å²) in [4.78, 5) is 34.0. The Morgan fingerprint density at radius 1 is 1.27 bits per heavy atom. The molecule has 1 aromatic rings. The summed E-state index contributed by atoms with van der Waals surface area (Å²) < 4.78 is 14.0. The van der Waals surface area contributed by atoms with Crippen LogP contribution in [0.25, 0.3) is 0 Å². The number of nitrogens with zero attached hydrogens (tertiary/aromatic N) is 4. The van der Waals surface area contributed by atoms with Gasteiger partial charge in [-0.25, -0.2) is 9.18 Å². The Balaban J connectivity index is 1.86. The molecule has 0 aromatic heterocycles. The minimum absolute atomic E-state index is 0.133. The summed E-state index contributed by atoms with van der Waals surface area (Å²) in [5.74, 6) is -0.449. The molecule has 2 aliphatic rings. The fourth-order valence-corrected chi connectivity index (χ4v) is 3.15. The average molecular weight is 363 g/mol. The molecule has 3 rings (SSSR count). The third-order valence-electron chi connectivity index (χ3n) is 4.59. The van der Waals surface area contributed by atoms with Crippen molar-refractivity contribution in [2.24, 2.45) is 4.99 Å². The topological polar surface area (TPSA) is 88.5 Å². The first-order valence-corrected chi connectivity index (χ1v) is 8.34. The van der Waals surface area contributed by atoms with Gasteiger partial charge < -0.3 is 20.2 Å². The summed E-state index contributed by atoms with van der Waals surface area (Å²) >= 11 is 0. The Bertz CT molecular complexity index is 754. The number of rotatable bonds is 4. The first kappa shape index (κ1) is 18.1. The summed E-state index contributed by atoms with van der Waals surface area (Å²) in [5, 5.41) is 12.5. The Hall–Kier alpha value is -2.68. The highest BCUT2D eigenvalue weighted by Gasteiger charge is 2.51. The highest BCUT2D eigenvalue weighted by atomic mass is 19.1. The van der Waals surface area contributed by atoms with Crippen LogP contribution >= 0.6 is 0 Å². The number of hydrogen-bond donors (Lipinski definition) is 2. The summed E-state index contributed by atoms with van der Waals surface area (Å²) in [6.45, 7) is 1.66. The second-order valence-electron chi connectivity index (χ2n) is 6.57. The number of amides is 3. The van der Waals surface area contributed by atoms with Crippen molar-refractivity contribution < 1.29 is 19.1 Å². The van der Waals surface area contributed by atoms with E-state index >= 15 is 0 Å². The van der Waals surface area contributed by atoms with Crippen LogP contribution in [0.4, 0.5) is 9.18 Å². The highest BCUT2D eigenvalue weighted by molar-refractivity contribution is 6.04. The predicted molar refractivity (Wildman–Crippen MR) is 92.6 cm³/mol. The number of hydrogen-bond acceptors (Lipinski definition) is 4. The quantitative estimate of drug-likeness (QED) is 0.797. The Morgan fingerprint density at radius 2 is 1.96 bits per heavy atom. The predicted octanol–water partition coefficient (Wildman–Crippen LogP) is 0.186. The van der Waals surface area contributed by atoms with Crippen molar-refractivity contribution in [2.75, 3.05) is 20.6 Å². The molecule has 0 radical (unpaired) electrons. The van der Waals surface area contributed by atoms with E-state index in [1.54, 1.807) is 44.1 Å². The van der Waals surface area contributed by atoms with Crippen molar-refractivity contribution in [3.05, 3.63) is 35.6 Å². The number of carbonyl (C=O) groups is 2. The van der Waals surface area contributed by atoms with Gasteiger partial charge in [-0.15, -0.1) is 0 Å². The maximum atomic E-state index is 14.0. The lowest BCUT2D eigenvalue weighted by molar-refractivity contribution is -0.137. The SMILES string of the molecule is CC(O)CN=C1NC2C(C(=O)N(Cc3ccccc3F)C(=O)N2C)N1C. The summed E-state index contributed by atoms with van der Waals surface area (Å²) in [6.07, 6.45) is -1.18. The van der Waals surface area contributed by atoms with Crippen molar-refractivity contribution in [3.63, 3.8) is 0 Å². The number of nitrogens with one attached hydrogen (secondary N) is 1. The van der Waals surface area contributed by atoms with E-state index in [0.717, 1.165) is 4.90 Å². The van der Waals surface area contributed by atoms with Crippen molar-refractivity contribution in [1.82, 2.24) is 20.0 Å². The van der Waals surface area contributed by atoms with Gasteiger partial charge >= 0.3 is 6.03 Å². The van der Waals surface area contributed by atoms with E-state index in [9.17, 15) is 19.1 Å². The molecule has 0 saturated carbocycles. The van der Waals surface area contributed by atoms with E-state index in [-0.39, 0.29) is 18.7 Å². The normalized spacial score (nSPS) is 25.6. The number of carbonyl (C=O) groups excluding carboxylic acids is 2. The van der Waals surface area contributed by atoms with Crippen LogP contribution in [0.15, 0.2) is 29.3 Å². The first-order valence-electron chi connectivity index (χ1n) is 8.34. The van der Waals surface area contributed by atoms with Crippen LogP contribution < -0.4 is 5.32 Å². The monoisotopic (exact) mass is 363 g/mol. The van der Waals surface area contributed by atoms with Crippen molar-refractivity contribution >= 4 is 17.9 Å². The number of urea groups is 1. The number of likely N-dealkylation sites (N-methyl/N-ethyl adjacent to an activating group) is 2. The highest BCUT2D eigenvalue weighted by Crippen LogP contribution is 2.25. The smallest absolute Gasteiger partial charge is 0.328 e. The number of halogens is 1. The van der Waals surface area contributed by atoms with E-state index in [2.05, 4.69) is 10.3 Å². The molecule has 3 amide bonds. The van der Waals surface area contributed by atoms with Crippen LogP contribution in [-0.2, 0) is 11.3 Å². The fourth-order valence-electron chi connectivity index (χ4n) is 3.15. The Labute approximate surface area is 150 Å². The Kier molecular flexibility index (Phi) is 4.82. The molecule has 3 unspecified atom stereocenters. The third-order valence-corrected chi connectivity index (χ3v) is 4.59. The first-order chi connectivity index (χ1) is 12.3. The van der Waals surface area contributed by atoms with Gasteiger partial charge in [-0.2, -0.15) is 0 Å². The molecule has 0 bridgehead atoms. The second-order valence-corrected chi connectivity index (χ2v) is 6.57. The molecule has 2 N–H and O–H groups in total. The van der Waals surface area contributed by atoms with E-state index in [0.29, 0.717) is 5.96 Å². The molecular weight excluding hydrogens is 341 g/mol. The number of guanidine groups is 1. The molecule has 8 nitrogen and oxygen atoms in total. The maximum Gasteiger partial charge on any atom is 0.328 e. The maximum absolute atomic E-state index is 14.0. The largest absolute Gasteiger partial charge is 0.391 e. The summed E-state index contributed by atoms with van der Waals surface area (Å²) in [5.41, 5.74) is 0.276. The molecular formula is C17H22FN5O3. The zero-order chi connectivity index (χ0) is 19.0. The lowest BCUT2D eigenvalue weighted by Crippen LogP contribution is -2.65. The van der Waals surface area contributed by atoms with E-state index in [1.807, 2.05) is 0 Å². The second kappa shape index (κ2) is 6.91. The van der Waals surface area contributed by atoms with Gasteiger partial charge in [-0.3, -0.25) is 14.7 Å². The van der Waals surface area contributed by atoms with Crippen LogP contribution in [0.3, 0.4) is 0 Å². The fraction of sp³-hybridized carbons (Fsp3) is 0.471. The summed E-state index contributed by atoms with van der Waals surface area (Å²) in [6, 6.07) is 4.89. The lowest BCUT2D eigenvalue weighted by Gasteiger charge is -2.40. The third kappa shape index (κ3) is 3.10. The molecule has 0 spiro atoms. The van der Waals surface area contributed by atoms with Gasteiger partial charge in [0.05, 0.1) is 19.2 Å².